The molecule has 5 heteroatoms. The minimum Gasteiger partial charge on any atom is -0.391 e. The predicted octanol–water partition coefficient (Wildman–Crippen LogP) is 2.06. The molecule has 0 aromatic heterocycles. The van der Waals surface area contributed by atoms with Crippen LogP contribution in [0.25, 0.3) is 0 Å². The van der Waals surface area contributed by atoms with Crippen LogP contribution in [0.5, 0.6) is 0 Å². The smallest absolute Gasteiger partial charge is 0.219 e. The van der Waals surface area contributed by atoms with Gasteiger partial charge in [-0.25, -0.2) is 4.39 Å². The van der Waals surface area contributed by atoms with E-state index in [0.29, 0.717) is 24.6 Å². The van der Waals surface area contributed by atoms with Crippen LogP contribution in [0.4, 0.5) is 4.39 Å². The molecule has 1 N–H and O–H groups in total. The Labute approximate surface area is 143 Å². The molecule has 2 fully saturated rings. The minimum absolute atomic E-state index is 0.121. The molecule has 132 valence electrons. The Kier molecular flexibility index (Phi) is 5.51. The molecule has 4 nitrogen and oxygen atoms in total. The summed E-state index contributed by atoms with van der Waals surface area (Å²) in [5, 5.41) is 10.5. The molecule has 2 atom stereocenters. The normalized spacial score (nSPS) is 26.5. The number of carbonyl (C=O) groups excluding carboxylic acids is 1. The van der Waals surface area contributed by atoms with Crippen molar-refractivity contribution in [1.29, 1.82) is 0 Å². The SMILES string of the molecule is CC(=O)N1CCC(N2CC[C@H](Cc3ccccc3F)[C@H](O)C2)CC1. The van der Waals surface area contributed by atoms with E-state index in [1.165, 1.54) is 6.07 Å². The van der Waals surface area contributed by atoms with Crippen LogP contribution in [0.2, 0.25) is 0 Å². The van der Waals surface area contributed by atoms with Crippen molar-refractivity contribution in [3.05, 3.63) is 35.6 Å². The molecule has 0 unspecified atom stereocenters. The van der Waals surface area contributed by atoms with Gasteiger partial charge in [-0.2, -0.15) is 0 Å². The first-order valence-corrected chi connectivity index (χ1v) is 8.95. The highest BCUT2D eigenvalue weighted by Gasteiger charge is 2.33. The van der Waals surface area contributed by atoms with Crippen molar-refractivity contribution in [3.8, 4) is 0 Å². The maximum atomic E-state index is 13.8. The number of benzene rings is 1. The van der Waals surface area contributed by atoms with Crippen LogP contribution in [0.1, 0.15) is 31.7 Å². The average molecular weight is 334 g/mol. The lowest BCUT2D eigenvalue weighted by molar-refractivity contribution is -0.130. The molecule has 2 aliphatic heterocycles. The van der Waals surface area contributed by atoms with Crippen molar-refractivity contribution >= 4 is 5.91 Å². The number of amides is 1. The summed E-state index contributed by atoms with van der Waals surface area (Å²) in [6, 6.07) is 7.30. The monoisotopic (exact) mass is 334 g/mol. The molecule has 3 rings (SSSR count). The second-order valence-corrected chi connectivity index (χ2v) is 7.14. The molecular formula is C19H27FN2O2. The third-order valence-electron chi connectivity index (χ3n) is 5.62. The van der Waals surface area contributed by atoms with Crippen LogP contribution < -0.4 is 0 Å². The van der Waals surface area contributed by atoms with Crippen LogP contribution in [0, 0.1) is 11.7 Å². The van der Waals surface area contributed by atoms with E-state index < -0.39 is 6.10 Å². The van der Waals surface area contributed by atoms with Crippen LogP contribution in [0.3, 0.4) is 0 Å². The highest BCUT2D eigenvalue weighted by molar-refractivity contribution is 5.73. The molecule has 2 heterocycles. The first-order chi connectivity index (χ1) is 11.5. The van der Waals surface area contributed by atoms with Gasteiger partial charge in [-0.05, 0) is 49.8 Å². The van der Waals surface area contributed by atoms with Gasteiger partial charge in [-0.1, -0.05) is 18.2 Å². The van der Waals surface area contributed by atoms with E-state index in [1.54, 1.807) is 13.0 Å². The van der Waals surface area contributed by atoms with Gasteiger partial charge < -0.3 is 10.0 Å². The summed E-state index contributed by atoms with van der Waals surface area (Å²) in [6.45, 7) is 4.85. The van der Waals surface area contributed by atoms with Gasteiger partial charge in [-0.15, -0.1) is 0 Å². The minimum atomic E-state index is -0.413. The molecule has 2 aliphatic rings. The van der Waals surface area contributed by atoms with Crippen LogP contribution in [-0.2, 0) is 11.2 Å². The number of aliphatic hydroxyl groups is 1. The molecular weight excluding hydrogens is 307 g/mol. The van der Waals surface area contributed by atoms with Gasteiger partial charge in [0.05, 0.1) is 6.10 Å². The van der Waals surface area contributed by atoms with Crippen molar-refractivity contribution in [2.24, 2.45) is 5.92 Å². The summed E-state index contributed by atoms with van der Waals surface area (Å²) in [6.07, 6.45) is 3.03. The second-order valence-electron chi connectivity index (χ2n) is 7.14. The third kappa shape index (κ3) is 3.95. The van der Waals surface area contributed by atoms with Crippen LogP contribution in [0.15, 0.2) is 24.3 Å². The van der Waals surface area contributed by atoms with Gasteiger partial charge in [0.1, 0.15) is 5.82 Å². The number of rotatable bonds is 3. The standard InChI is InChI=1S/C19H27FN2O2/c1-14(23)21-10-7-17(8-11-21)22-9-6-16(19(24)13-22)12-15-4-2-3-5-18(15)20/h2-5,16-17,19,24H,6-13H2,1H3/t16-,19-/m1/s1. The summed E-state index contributed by atoms with van der Waals surface area (Å²) in [5.74, 6) is 0.0938. The largest absolute Gasteiger partial charge is 0.391 e. The summed E-state index contributed by atoms with van der Waals surface area (Å²) in [7, 11) is 0. The lowest BCUT2D eigenvalue weighted by Gasteiger charge is -2.43. The zero-order valence-electron chi connectivity index (χ0n) is 14.3. The summed E-state index contributed by atoms with van der Waals surface area (Å²) in [4.78, 5) is 15.7. The molecule has 1 aromatic carbocycles. The zero-order valence-corrected chi connectivity index (χ0v) is 14.3. The number of nitrogens with zero attached hydrogens (tertiary/aromatic N) is 2. The van der Waals surface area contributed by atoms with Gasteiger partial charge >= 0.3 is 0 Å². The fourth-order valence-corrected chi connectivity index (χ4v) is 4.07. The second kappa shape index (κ2) is 7.62. The molecule has 2 saturated heterocycles. The lowest BCUT2D eigenvalue weighted by atomic mass is 9.86. The number of likely N-dealkylation sites (tertiary alicyclic amines) is 2. The van der Waals surface area contributed by atoms with Crippen molar-refractivity contribution in [1.82, 2.24) is 9.80 Å². The van der Waals surface area contributed by atoms with Crippen molar-refractivity contribution in [3.63, 3.8) is 0 Å². The van der Waals surface area contributed by atoms with E-state index in [2.05, 4.69) is 4.90 Å². The first-order valence-electron chi connectivity index (χ1n) is 8.95. The number of hydrogen-bond donors (Lipinski definition) is 1. The Morgan fingerprint density at radius 1 is 1.21 bits per heavy atom. The summed E-state index contributed by atoms with van der Waals surface area (Å²) in [5.41, 5.74) is 0.699. The Balaban J connectivity index is 1.52. The predicted molar refractivity (Wildman–Crippen MR) is 91.1 cm³/mol. The number of hydrogen-bond acceptors (Lipinski definition) is 3. The maximum Gasteiger partial charge on any atom is 0.219 e. The molecule has 1 amide bonds. The molecule has 0 spiro atoms. The molecule has 0 bridgehead atoms. The van der Waals surface area contributed by atoms with Crippen molar-refractivity contribution in [2.75, 3.05) is 26.2 Å². The number of β-amino-alcohol motifs (C(OH)–C–C–N with tert-alkyl or cyclic N) is 1. The Morgan fingerprint density at radius 3 is 2.54 bits per heavy atom. The highest BCUT2D eigenvalue weighted by atomic mass is 19.1. The average Bonchev–Trinajstić information content (AvgIpc) is 2.58. The Hall–Kier alpha value is -1.46. The fourth-order valence-electron chi connectivity index (χ4n) is 4.07. The van der Waals surface area contributed by atoms with Gasteiger partial charge in [0.25, 0.3) is 0 Å². The summed E-state index contributed by atoms with van der Waals surface area (Å²) >= 11 is 0. The molecule has 24 heavy (non-hydrogen) atoms. The number of piperidine rings is 2. The van der Waals surface area contributed by atoms with Gasteiger partial charge in [0.15, 0.2) is 0 Å². The maximum absolute atomic E-state index is 13.8. The van der Waals surface area contributed by atoms with Crippen molar-refractivity contribution in [2.45, 2.75) is 44.8 Å². The van der Waals surface area contributed by atoms with E-state index in [9.17, 15) is 14.3 Å². The summed E-state index contributed by atoms with van der Waals surface area (Å²) < 4.78 is 13.8. The highest BCUT2D eigenvalue weighted by Crippen LogP contribution is 2.27. The van der Waals surface area contributed by atoms with E-state index in [0.717, 1.165) is 38.9 Å². The number of carbonyl (C=O) groups is 1. The topological polar surface area (TPSA) is 43.8 Å². The van der Waals surface area contributed by atoms with Gasteiger partial charge in [0.2, 0.25) is 5.91 Å². The fraction of sp³-hybridized carbons (Fsp3) is 0.632. The van der Waals surface area contributed by atoms with E-state index >= 15 is 0 Å². The molecule has 0 aliphatic carbocycles. The molecule has 0 radical (unpaired) electrons. The Bertz CT molecular complexity index is 572. The van der Waals surface area contributed by atoms with Crippen molar-refractivity contribution < 1.29 is 14.3 Å². The zero-order chi connectivity index (χ0) is 17.1. The van der Waals surface area contributed by atoms with E-state index in [-0.39, 0.29) is 17.6 Å². The lowest BCUT2D eigenvalue weighted by Crippen LogP contribution is -2.52. The number of halogens is 1. The first kappa shape index (κ1) is 17.4. The Morgan fingerprint density at radius 2 is 1.92 bits per heavy atom. The van der Waals surface area contributed by atoms with Crippen LogP contribution >= 0.6 is 0 Å². The quantitative estimate of drug-likeness (QED) is 0.920. The van der Waals surface area contributed by atoms with Gasteiger partial charge in [-0.3, -0.25) is 9.69 Å². The molecule has 0 saturated carbocycles. The molecule has 1 aromatic rings. The van der Waals surface area contributed by atoms with E-state index in [1.807, 2.05) is 17.0 Å². The van der Waals surface area contributed by atoms with Crippen LogP contribution in [-0.4, -0.2) is 59.1 Å². The third-order valence-corrected chi connectivity index (χ3v) is 5.62. The van der Waals surface area contributed by atoms with Gasteiger partial charge in [0, 0.05) is 32.6 Å². The van der Waals surface area contributed by atoms with E-state index in [4.69, 9.17) is 0 Å². The number of aliphatic hydroxyl groups excluding tert-OH is 1.